The molecule has 0 unspecified atom stereocenters. The van der Waals surface area contributed by atoms with Gasteiger partial charge in [-0.1, -0.05) is 6.07 Å². The van der Waals surface area contributed by atoms with Gasteiger partial charge in [-0.25, -0.2) is 4.98 Å². The van der Waals surface area contributed by atoms with E-state index in [4.69, 9.17) is 9.15 Å². The van der Waals surface area contributed by atoms with Crippen LogP contribution in [-0.2, 0) is 16.7 Å². The Labute approximate surface area is 169 Å². The largest absolute Gasteiger partial charge is 0.449 e. The van der Waals surface area contributed by atoms with Gasteiger partial charge in [0, 0.05) is 42.4 Å². The van der Waals surface area contributed by atoms with E-state index < -0.39 is 0 Å². The summed E-state index contributed by atoms with van der Waals surface area (Å²) >= 11 is 0. The lowest BCUT2D eigenvalue weighted by atomic mass is 9.69. The lowest BCUT2D eigenvalue weighted by Crippen LogP contribution is -2.50. The topological polar surface area (TPSA) is 51.4 Å². The van der Waals surface area contributed by atoms with Crippen LogP contribution in [0.3, 0.4) is 0 Å². The molecular weight excluding hydrogens is 350 g/mol. The molecule has 3 rings (SSSR count). The van der Waals surface area contributed by atoms with Gasteiger partial charge in [-0.15, -0.1) is 0 Å². The van der Waals surface area contributed by atoms with Crippen molar-refractivity contribution < 1.29 is 9.15 Å². The summed E-state index contributed by atoms with van der Waals surface area (Å²) in [4.78, 5) is 11.5. The molecule has 1 aliphatic rings. The normalized spacial score (nSPS) is 21.4. The van der Waals surface area contributed by atoms with Crippen LogP contribution in [0.1, 0.15) is 64.6 Å². The fourth-order valence-electron chi connectivity index (χ4n) is 4.59. The van der Waals surface area contributed by atoms with Crippen LogP contribution in [0.5, 0.6) is 0 Å². The van der Waals surface area contributed by atoms with Crippen molar-refractivity contribution in [1.29, 1.82) is 0 Å². The molecule has 0 bridgehead atoms. The van der Waals surface area contributed by atoms with E-state index in [1.54, 1.807) is 12.5 Å². The fourth-order valence-corrected chi connectivity index (χ4v) is 4.59. The van der Waals surface area contributed by atoms with E-state index in [9.17, 15) is 0 Å². The quantitative estimate of drug-likeness (QED) is 0.656. The van der Waals surface area contributed by atoms with Crippen LogP contribution < -0.4 is 0 Å². The van der Waals surface area contributed by atoms with Crippen molar-refractivity contribution in [3.63, 3.8) is 0 Å². The van der Waals surface area contributed by atoms with Crippen molar-refractivity contribution in [3.8, 4) is 0 Å². The predicted octanol–water partition coefficient (Wildman–Crippen LogP) is 4.75. The highest BCUT2D eigenvalue weighted by atomic mass is 16.5. The average Bonchev–Trinajstić information content (AvgIpc) is 3.31. The van der Waals surface area contributed by atoms with Gasteiger partial charge in [0.05, 0.1) is 11.8 Å². The van der Waals surface area contributed by atoms with E-state index in [2.05, 4.69) is 61.6 Å². The molecule has 1 fully saturated rings. The summed E-state index contributed by atoms with van der Waals surface area (Å²) in [6.07, 6.45) is 8.34. The standard InChI is InChI=1S/C23H35N3O2/c1-7-28-22(5,6)23(11-10-20-24-13-15-27-20)12-14-26(17-23)21(3,4)19-9-8-18(2)25-16-19/h8-9,13,15-16H,7,10-12,14,17H2,1-6H3/t23-/m0/s1. The number of oxazole rings is 1. The average molecular weight is 386 g/mol. The third kappa shape index (κ3) is 4.01. The second-order valence-corrected chi connectivity index (χ2v) is 9.07. The van der Waals surface area contributed by atoms with Crippen molar-refractivity contribution >= 4 is 0 Å². The van der Waals surface area contributed by atoms with E-state index in [0.29, 0.717) is 0 Å². The number of hydrogen-bond donors (Lipinski definition) is 0. The first-order chi connectivity index (χ1) is 13.2. The maximum atomic E-state index is 6.28. The second kappa shape index (κ2) is 7.96. The summed E-state index contributed by atoms with van der Waals surface area (Å²) < 4.78 is 11.8. The smallest absolute Gasteiger partial charge is 0.193 e. The monoisotopic (exact) mass is 385 g/mol. The van der Waals surface area contributed by atoms with Crippen molar-refractivity contribution in [2.75, 3.05) is 19.7 Å². The third-order valence-corrected chi connectivity index (χ3v) is 6.85. The van der Waals surface area contributed by atoms with Crippen LogP contribution in [0.15, 0.2) is 35.2 Å². The van der Waals surface area contributed by atoms with Crippen molar-refractivity contribution in [3.05, 3.63) is 47.9 Å². The highest BCUT2D eigenvalue weighted by Crippen LogP contribution is 2.49. The fraction of sp³-hybridized carbons (Fsp3) is 0.652. The Morgan fingerprint density at radius 1 is 1.21 bits per heavy atom. The molecule has 2 aromatic rings. The number of nitrogens with zero attached hydrogens (tertiary/aromatic N) is 3. The van der Waals surface area contributed by atoms with Gasteiger partial charge in [-0.2, -0.15) is 0 Å². The first-order valence-corrected chi connectivity index (χ1v) is 10.4. The molecule has 1 aliphatic heterocycles. The van der Waals surface area contributed by atoms with E-state index in [1.165, 1.54) is 5.56 Å². The van der Waals surface area contributed by atoms with Crippen molar-refractivity contribution in [2.45, 2.75) is 71.9 Å². The molecule has 0 spiro atoms. The van der Waals surface area contributed by atoms with Gasteiger partial charge in [0.1, 0.15) is 6.26 Å². The zero-order valence-corrected chi connectivity index (χ0v) is 18.3. The summed E-state index contributed by atoms with van der Waals surface area (Å²) in [6.45, 7) is 16.0. The number of hydrogen-bond acceptors (Lipinski definition) is 5. The van der Waals surface area contributed by atoms with Gasteiger partial charge >= 0.3 is 0 Å². The van der Waals surface area contributed by atoms with Gasteiger partial charge in [0.2, 0.25) is 0 Å². The molecule has 1 atom stereocenters. The van der Waals surface area contributed by atoms with E-state index in [-0.39, 0.29) is 16.6 Å². The molecule has 3 heterocycles. The summed E-state index contributed by atoms with van der Waals surface area (Å²) in [7, 11) is 0. The van der Waals surface area contributed by atoms with E-state index >= 15 is 0 Å². The number of rotatable bonds is 8. The summed E-state index contributed by atoms with van der Waals surface area (Å²) in [5.74, 6) is 0.812. The molecule has 0 aliphatic carbocycles. The highest BCUT2D eigenvalue weighted by molar-refractivity contribution is 5.22. The van der Waals surface area contributed by atoms with Gasteiger partial charge in [-0.3, -0.25) is 9.88 Å². The summed E-state index contributed by atoms with van der Waals surface area (Å²) in [5.41, 5.74) is 2.07. The highest BCUT2D eigenvalue weighted by Gasteiger charge is 2.52. The minimum atomic E-state index is -0.218. The van der Waals surface area contributed by atoms with Gasteiger partial charge in [-0.05, 0) is 72.6 Å². The SMILES string of the molecule is CCOC(C)(C)[C@@]1(CCc2ncco2)CCN(C(C)(C)c2ccc(C)nc2)C1. The maximum absolute atomic E-state index is 6.28. The lowest BCUT2D eigenvalue weighted by Gasteiger charge is -2.45. The minimum Gasteiger partial charge on any atom is -0.449 e. The number of ether oxygens (including phenoxy) is 1. The Bertz CT molecular complexity index is 753. The molecule has 1 saturated heterocycles. The molecule has 0 saturated carbocycles. The Balaban J connectivity index is 1.84. The Morgan fingerprint density at radius 2 is 2.00 bits per heavy atom. The number of aromatic nitrogens is 2. The number of likely N-dealkylation sites (tertiary alicyclic amines) is 1. The van der Waals surface area contributed by atoms with Crippen LogP contribution in [0.4, 0.5) is 0 Å². The van der Waals surface area contributed by atoms with Gasteiger partial charge in [0.25, 0.3) is 0 Å². The molecule has 0 radical (unpaired) electrons. The molecule has 5 heteroatoms. The zero-order chi connectivity index (χ0) is 20.4. The van der Waals surface area contributed by atoms with Crippen LogP contribution in [0, 0.1) is 12.3 Å². The van der Waals surface area contributed by atoms with E-state index in [1.807, 2.05) is 13.1 Å². The van der Waals surface area contributed by atoms with Gasteiger partial charge in [0.15, 0.2) is 5.89 Å². The van der Waals surface area contributed by atoms with Crippen LogP contribution in [-0.4, -0.2) is 40.2 Å². The van der Waals surface area contributed by atoms with Crippen LogP contribution in [0.25, 0.3) is 0 Å². The Hall–Kier alpha value is -1.72. The summed E-state index contributed by atoms with van der Waals surface area (Å²) in [5, 5.41) is 0. The lowest BCUT2D eigenvalue weighted by molar-refractivity contribution is -0.110. The second-order valence-electron chi connectivity index (χ2n) is 9.07. The molecule has 28 heavy (non-hydrogen) atoms. The Kier molecular flexibility index (Phi) is 5.97. The first kappa shape index (κ1) is 21.0. The van der Waals surface area contributed by atoms with Crippen molar-refractivity contribution in [2.24, 2.45) is 5.41 Å². The minimum absolute atomic E-state index is 0.0485. The Morgan fingerprint density at radius 3 is 2.61 bits per heavy atom. The molecule has 0 amide bonds. The zero-order valence-electron chi connectivity index (χ0n) is 18.3. The number of pyridine rings is 1. The van der Waals surface area contributed by atoms with Crippen LogP contribution >= 0.6 is 0 Å². The predicted molar refractivity (Wildman–Crippen MR) is 111 cm³/mol. The van der Waals surface area contributed by atoms with Gasteiger partial charge < -0.3 is 9.15 Å². The molecule has 5 nitrogen and oxygen atoms in total. The molecular formula is C23H35N3O2. The molecule has 154 valence electrons. The molecule has 0 N–H and O–H groups in total. The van der Waals surface area contributed by atoms with Crippen LogP contribution in [0.2, 0.25) is 0 Å². The molecule has 2 aromatic heterocycles. The third-order valence-electron chi connectivity index (χ3n) is 6.85. The van der Waals surface area contributed by atoms with Crippen molar-refractivity contribution in [1.82, 2.24) is 14.9 Å². The summed E-state index contributed by atoms with van der Waals surface area (Å²) in [6, 6.07) is 4.32. The molecule has 0 aromatic carbocycles. The number of aryl methyl sites for hydroxylation is 2. The van der Waals surface area contributed by atoms with E-state index in [0.717, 1.165) is 50.5 Å². The maximum Gasteiger partial charge on any atom is 0.193 e. The first-order valence-electron chi connectivity index (χ1n) is 10.4.